The van der Waals surface area contributed by atoms with Crippen LogP contribution < -0.4 is 0 Å². The first-order valence-electron chi connectivity index (χ1n) is 4.34. The summed E-state index contributed by atoms with van der Waals surface area (Å²) in [5.74, 6) is 0. The number of aliphatic imine (C=N–C) groups is 1. The predicted molar refractivity (Wildman–Crippen MR) is 57.3 cm³/mol. The molecule has 1 rings (SSSR count). The van der Waals surface area contributed by atoms with Crippen LogP contribution in [-0.4, -0.2) is 62.1 Å². The summed E-state index contributed by atoms with van der Waals surface area (Å²) < 4.78 is 0. The third kappa shape index (κ3) is 5.17. The maximum atomic E-state index is 4.15. The zero-order chi connectivity index (χ0) is 7.94. The molecule has 0 unspecified atom stereocenters. The van der Waals surface area contributed by atoms with Gasteiger partial charge in [0, 0.05) is 19.0 Å². The van der Waals surface area contributed by atoms with Crippen LogP contribution in [0.5, 0.6) is 0 Å². The second kappa shape index (κ2) is 8.09. The molecule has 3 heteroatoms. The van der Waals surface area contributed by atoms with Crippen molar-refractivity contribution in [2.24, 2.45) is 4.99 Å². The molecule has 0 bridgehead atoms. The molecule has 66 valence electrons. The van der Waals surface area contributed by atoms with E-state index in [1.165, 1.54) is 19.3 Å². The molecule has 0 saturated heterocycles. The van der Waals surface area contributed by atoms with E-state index in [9.17, 15) is 0 Å². The van der Waals surface area contributed by atoms with Gasteiger partial charge in [0.2, 0.25) is 0 Å². The molecule has 1 aliphatic rings. The molecule has 0 amide bonds. The van der Waals surface area contributed by atoms with Crippen molar-refractivity contribution in [2.45, 2.75) is 26.2 Å². The Morgan fingerprint density at radius 2 is 2.25 bits per heavy atom. The summed E-state index contributed by atoms with van der Waals surface area (Å²) in [6, 6.07) is 0. The van der Waals surface area contributed by atoms with Crippen molar-refractivity contribution in [3.05, 3.63) is 12.3 Å². The van der Waals surface area contributed by atoms with E-state index in [2.05, 4.69) is 23.0 Å². The number of hydrogen-bond acceptors (Lipinski definition) is 2. The second-order valence-electron chi connectivity index (χ2n) is 2.83. The third-order valence-electron chi connectivity index (χ3n) is 1.80. The van der Waals surface area contributed by atoms with Gasteiger partial charge in [0.15, 0.2) is 0 Å². The van der Waals surface area contributed by atoms with Gasteiger partial charge in [-0.25, -0.2) is 0 Å². The number of unbranched alkanes of at least 4 members (excludes halogenated alkanes) is 2. The van der Waals surface area contributed by atoms with Gasteiger partial charge in [-0.1, -0.05) is 19.8 Å². The zero-order valence-corrected chi connectivity index (χ0v) is 7.16. The molecule has 2 nitrogen and oxygen atoms in total. The van der Waals surface area contributed by atoms with Gasteiger partial charge in [0.05, 0.1) is 0 Å². The van der Waals surface area contributed by atoms with Gasteiger partial charge in [-0.3, -0.25) is 4.99 Å². The molecule has 0 aromatic heterocycles. The summed E-state index contributed by atoms with van der Waals surface area (Å²) >= 11 is 0. The molecule has 1 heterocycles. The van der Waals surface area contributed by atoms with Crippen LogP contribution in [0.15, 0.2) is 17.3 Å². The van der Waals surface area contributed by atoms with Crippen molar-refractivity contribution in [3.63, 3.8) is 0 Å². The average Bonchev–Trinajstić information content (AvgIpc) is 2.07. The van der Waals surface area contributed by atoms with Crippen LogP contribution in [0.1, 0.15) is 26.2 Å². The Bertz CT molecular complexity index is 155. The molecule has 12 heavy (non-hydrogen) atoms. The molecule has 0 saturated carbocycles. The van der Waals surface area contributed by atoms with Gasteiger partial charge in [-0.15, -0.1) is 0 Å². The standard InChI is InChI=1S/C9H16N2.Ca.2H/c1-2-3-4-7-11-8-5-6-10-9-11;;;/h5-6,8H,2-4,7,9H2,1H3;;;. The van der Waals surface area contributed by atoms with Crippen molar-refractivity contribution in [3.8, 4) is 0 Å². The normalized spacial score (nSPS) is 14.6. The fourth-order valence-corrected chi connectivity index (χ4v) is 1.13. The minimum absolute atomic E-state index is 0. The summed E-state index contributed by atoms with van der Waals surface area (Å²) in [7, 11) is 0. The molecule has 0 atom stereocenters. The molecular formula is C9H18CaN2. The van der Waals surface area contributed by atoms with Crippen LogP contribution in [0.2, 0.25) is 0 Å². The molecule has 0 N–H and O–H groups in total. The zero-order valence-electron chi connectivity index (χ0n) is 7.16. The van der Waals surface area contributed by atoms with Gasteiger partial charge < -0.3 is 4.90 Å². The van der Waals surface area contributed by atoms with Crippen LogP contribution in [-0.2, 0) is 0 Å². The van der Waals surface area contributed by atoms with Crippen LogP contribution in [0.4, 0.5) is 0 Å². The van der Waals surface area contributed by atoms with Crippen molar-refractivity contribution < 1.29 is 0 Å². The maximum absolute atomic E-state index is 4.15. The average molecular weight is 194 g/mol. The van der Waals surface area contributed by atoms with E-state index in [0.717, 1.165) is 13.2 Å². The molecule has 1 aliphatic heterocycles. The van der Waals surface area contributed by atoms with Crippen LogP contribution >= 0.6 is 0 Å². The quantitative estimate of drug-likeness (QED) is 0.484. The predicted octanol–water partition coefficient (Wildman–Crippen LogP) is 1.12. The Morgan fingerprint density at radius 1 is 1.42 bits per heavy atom. The van der Waals surface area contributed by atoms with Crippen molar-refractivity contribution in [1.82, 2.24) is 4.90 Å². The molecule has 0 aromatic carbocycles. The van der Waals surface area contributed by atoms with E-state index in [-0.39, 0.29) is 37.7 Å². The molecule has 0 radical (unpaired) electrons. The fourth-order valence-electron chi connectivity index (χ4n) is 1.13. The van der Waals surface area contributed by atoms with Gasteiger partial charge in [0.25, 0.3) is 0 Å². The minimum atomic E-state index is 0. The van der Waals surface area contributed by atoms with Gasteiger partial charge >= 0.3 is 37.7 Å². The van der Waals surface area contributed by atoms with Gasteiger partial charge in [-0.2, -0.15) is 0 Å². The molecule has 0 aliphatic carbocycles. The number of allylic oxidation sites excluding steroid dienone is 1. The second-order valence-corrected chi connectivity index (χ2v) is 2.83. The van der Waals surface area contributed by atoms with E-state index < -0.39 is 0 Å². The van der Waals surface area contributed by atoms with Gasteiger partial charge in [0.1, 0.15) is 6.67 Å². The summed E-state index contributed by atoms with van der Waals surface area (Å²) in [5.41, 5.74) is 0. The molecule has 0 spiro atoms. The first-order valence-corrected chi connectivity index (χ1v) is 4.34. The van der Waals surface area contributed by atoms with E-state index in [4.69, 9.17) is 0 Å². The van der Waals surface area contributed by atoms with E-state index in [1.807, 2.05) is 12.3 Å². The SMILES string of the molecule is CCCCCN1C=CC=NC1.[CaH2]. The van der Waals surface area contributed by atoms with Crippen LogP contribution in [0, 0.1) is 0 Å². The Labute approximate surface area is 105 Å². The number of hydrogen-bond donors (Lipinski definition) is 0. The Kier molecular flexibility index (Phi) is 8.40. The first kappa shape index (κ1) is 12.5. The van der Waals surface area contributed by atoms with Crippen molar-refractivity contribution in [2.75, 3.05) is 13.2 Å². The van der Waals surface area contributed by atoms with E-state index in [0.29, 0.717) is 0 Å². The van der Waals surface area contributed by atoms with Gasteiger partial charge in [-0.05, 0) is 12.5 Å². The van der Waals surface area contributed by atoms with Crippen molar-refractivity contribution >= 4 is 44.0 Å². The molecule has 0 fully saturated rings. The Hall–Kier alpha value is 0.470. The Morgan fingerprint density at radius 3 is 2.83 bits per heavy atom. The summed E-state index contributed by atoms with van der Waals surface area (Å²) in [6.07, 6.45) is 9.87. The van der Waals surface area contributed by atoms with Crippen molar-refractivity contribution in [1.29, 1.82) is 0 Å². The van der Waals surface area contributed by atoms with Crippen LogP contribution in [0.3, 0.4) is 0 Å². The number of nitrogens with zero attached hydrogens (tertiary/aromatic N) is 2. The van der Waals surface area contributed by atoms with E-state index >= 15 is 0 Å². The monoisotopic (exact) mass is 194 g/mol. The first-order chi connectivity index (χ1) is 5.43. The van der Waals surface area contributed by atoms with E-state index in [1.54, 1.807) is 0 Å². The summed E-state index contributed by atoms with van der Waals surface area (Å²) in [6.45, 7) is 4.23. The Balaban J connectivity index is 0.00000121. The number of rotatable bonds is 4. The molecule has 0 aromatic rings. The summed E-state index contributed by atoms with van der Waals surface area (Å²) in [4.78, 5) is 6.40. The summed E-state index contributed by atoms with van der Waals surface area (Å²) in [5, 5.41) is 0. The third-order valence-corrected chi connectivity index (χ3v) is 1.80. The van der Waals surface area contributed by atoms with Crippen LogP contribution in [0.25, 0.3) is 0 Å². The fraction of sp³-hybridized carbons (Fsp3) is 0.667. The topological polar surface area (TPSA) is 15.6 Å². The molecular weight excluding hydrogens is 176 g/mol.